The standard InChI is InChI=1S/C10H16BP/c11-12(8-4-5-9-12)10-6-2-1-3-7-10/h1-3,6-7,12H,4-5,8-9,11H2. The van der Waals surface area contributed by atoms with Crippen LogP contribution in [0, 0.1) is 0 Å². The van der Waals surface area contributed by atoms with Gasteiger partial charge in [-0.3, -0.25) is 0 Å². The Balaban J connectivity index is 2.29. The summed E-state index contributed by atoms with van der Waals surface area (Å²) in [7, 11) is 1.57. The van der Waals surface area contributed by atoms with Crippen molar-refractivity contribution in [3.8, 4) is 0 Å². The molecule has 0 unspecified atom stereocenters. The van der Waals surface area contributed by atoms with E-state index in [-0.39, 0.29) is 0 Å². The first-order chi connectivity index (χ1) is 5.81. The average Bonchev–Trinajstić information content (AvgIpc) is 2.55. The summed E-state index contributed by atoms with van der Waals surface area (Å²) < 4.78 is 0. The van der Waals surface area contributed by atoms with Gasteiger partial charge < -0.3 is 0 Å². The van der Waals surface area contributed by atoms with E-state index >= 15 is 0 Å². The number of hydrogen-bond acceptors (Lipinski definition) is 0. The van der Waals surface area contributed by atoms with Crippen molar-refractivity contribution in [2.75, 3.05) is 12.3 Å². The van der Waals surface area contributed by atoms with Gasteiger partial charge in [0.05, 0.1) is 0 Å². The van der Waals surface area contributed by atoms with Crippen molar-refractivity contribution < 1.29 is 0 Å². The normalized spacial score (nSPS) is 23.7. The predicted molar refractivity (Wildman–Crippen MR) is 61.9 cm³/mol. The first kappa shape index (κ1) is 8.32. The third-order valence-electron chi connectivity index (χ3n) is 3.18. The molecule has 2 rings (SSSR count). The van der Waals surface area contributed by atoms with Crippen LogP contribution >= 0.6 is 7.14 Å². The molecule has 0 radical (unpaired) electrons. The van der Waals surface area contributed by atoms with Gasteiger partial charge in [-0.1, -0.05) is 0 Å². The quantitative estimate of drug-likeness (QED) is 0.450. The minimum atomic E-state index is -0.962. The molecule has 0 bridgehead atoms. The van der Waals surface area contributed by atoms with Gasteiger partial charge in [-0.2, -0.15) is 0 Å². The van der Waals surface area contributed by atoms with E-state index in [2.05, 4.69) is 37.9 Å². The van der Waals surface area contributed by atoms with Gasteiger partial charge in [-0.15, -0.1) is 0 Å². The molecule has 1 fully saturated rings. The molecule has 1 aliphatic rings. The maximum atomic E-state index is 2.54. The van der Waals surface area contributed by atoms with Crippen LogP contribution in [0.3, 0.4) is 0 Å². The molecule has 2 heteroatoms. The Hall–Kier alpha value is -0.285. The fourth-order valence-electron chi connectivity index (χ4n) is 2.28. The van der Waals surface area contributed by atoms with Crippen molar-refractivity contribution in [3.05, 3.63) is 30.3 Å². The molecule has 0 spiro atoms. The van der Waals surface area contributed by atoms with E-state index in [1.807, 2.05) is 0 Å². The molecule has 1 heterocycles. The van der Waals surface area contributed by atoms with Crippen molar-refractivity contribution in [3.63, 3.8) is 0 Å². The van der Waals surface area contributed by atoms with Crippen LogP contribution in [0.25, 0.3) is 0 Å². The summed E-state index contributed by atoms with van der Waals surface area (Å²) in [6.07, 6.45) is 5.96. The second-order valence-electron chi connectivity index (χ2n) is 4.13. The van der Waals surface area contributed by atoms with Gasteiger partial charge in [0.2, 0.25) is 0 Å². The average molecular weight is 178 g/mol. The molecule has 0 amide bonds. The van der Waals surface area contributed by atoms with Gasteiger partial charge in [-0.25, -0.2) is 0 Å². The summed E-state index contributed by atoms with van der Waals surface area (Å²) in [4.78, 5) is 0. The Morgan fingerprint density at radius 3 is 2.17 bits per heavy atom. The summed E-state index contributed by atoms with van der Waals surface area (Å²) >= 11 is 0. The zero-order valence-corrected chi connectivity index (χ0v) is 8.72. The first-order valence-corrected chi connectivity index (χ1v) is 7.78. The van der Waals surface area contributed by atoms with Crippen LogP contribution in [0.1, 0.15) is 12.8 Å². The van der Waals surface area contributed by atoms with Crippen LogP contribution in [0.5, 0.6) is 0 Å². The van der Waals surface area contributed by atoms with Crippen LogP contribution in [0.4, 0.5) is 0 Å². The molecule has 0 N–H and O–H groups in total. The van der Waals surface area contributed by atoms with E-state index in [4.69, 9.17) is 0 Å². The van der Waals surface area contributed by atoms with E-state index < -0.39 is 7.14 Å². The van der Waals surface area contributed by atoms with E-state index in [1.54, 1.807) is 5.30 Å². The maximum absolute atomic E-state index is 2.54. The van der Waals surface area contributed by atoms with Crippen LogP contribution in [0.2, 0.25) is 0 Å². The molecule has 0 nitrogen and oxygen atoms in total. The van der Waals surface area contributed by atoms with Crippen molar-refractivity contribution in [1.29, 1.82) is 0 Å². The van der Waals surface area contributed by atoms with E-state index in [0.717, 1.165) is 0 Å². The minimum absolute atomic E-state index is 0.962. The Kier molecular flexibility index (Phi) is 2.23. The summed E-state index contributed by atoms with van der Waals surface area (Å²) in [5.74, 6) is 0. The van der Waals surface area contributed by atoms with Gasteiger partial charge in [0.25, 0.3) is 0 Å². The third kappa shape index (κ3) is 1.43. The molecular formula is C10H16BP. The van der Waals surface area contributed by atoms with E-state index in [9.17, 15) is 0 Å². The molecule has 12 heavy (non-hydrogen) atoms. The second kappa shape index (κ2) is 3.22. The van der Waals surface area contributed by atoms with Crippen LogP contribution in [-0.2, 0) is 0 Å². The van der Waals surface area contributed by atoms with Crippen molar-refractivity contribution in [1.82, 2.24) is 0 Å². The second-order valence-corrected chi connectivity index (χ2v) is 8.83. The van der Waals surface area contributed by atoms with Gasteiger partial charge in [0.15, 0.2) is 0 Å². The van der Waals surface area contributed by atoms with Gasteiger partial charge in [0.1, 0.15) is 0 Å². The predicted octanol–water partition coefficient (Wildman–Crippen LogP) is 1.40. The SMILES string of the molecule is B[PH]1(c2ccccc2)CCCC1. The van der Waals surface area contributed by atoms with Crippen LogP contribution in [-0.4, -0.2) is 19.9 Å². The van der Waals surface area contributed by atoms with Gasteiger partial charge in [-0.05, 0) is 0 Å². The molecule has 1 saturated heterocycles. The first-order valence-electron chi connectivity index (χ1n) is 4.87. The fraction of sp³-hybridized carbons (Fsp3) is 0.400. The van der Waals surface area contributed by atoms with Crippen molar-refractivity contribution >= 4 is 20.0 Å². The molecule has 0 saturated carbocycles. The van der Waals surface area contributed by atoms with Gasteiger partial charge >= 0.3 is 75.5 Å². The molecule has 0 atom stereocenters. The number of rotatable bonds is 1. The van der Waals surface area contributed by atoms with Crippen LogP contribution in [0.15, 0.2) is 30.3 Å². The molecule has 1 aromatic carbocycles. The third-order valence-corrected chi connectivity index (χ3v) is 7.82. The summed E-state index contributed by atoms with van der Waals surface area (Å²) in [5.41, 5.74) is 0. The molecule has 1 aromatic rings. The zero-order chi connectivity index (χ0) is 8.44. The van der Waals surface area contributed by atoms with E-state index in [0.29, 0.717) is 0 Å². The topological polar surface area (TPSA) is 0 Å². The Morgan fingerprint density at radius 2 is 1.58 bits per heavy atom. The fourth-order valence-corrected chi connectivity index (χ4v) is 6.17. The number of hydrogen-bond donors (Lipinski definition) is 0. The van der Waals surface area contributed by atoms with Gasteiger partial charge in [0, 0.05) is 0 Å². The molecule has 0 aliphatic carbocycles. The Bertz CT molecular complexity index is 252. The van der Waals surface area contributed by atoms with Crippen molar-refractivity contribution in [2.24, 2.45) is 0 Å². The van der Waals surface area contributed by atoms with Crippen LogP contribution < -0.4 is 5.30 Å². The monoisotopic (exact) mass is 178 g/mol. The molecule has 0 aromatic heterocycles. The van der Waals surface area contributed by atoms with E-state index in [1.165, 1.54) is 25.2 Å². The summed E-state index contributed by atoms with van der Waals surface area (Å²) in [5, 5.41) is 1.67. The Morgan fingerprint density at radius 1 is 1.00 bits per heavy atom. The summed E-state index contributed by atoms with van der Waals surface area (Å²) in [6.45, 7) is 0. The molecule has 1 aliphatic heterocycles. The van der Waals surface area contributed by atoms with Crippen molar-refractivity contribution in [2.45, 2.75) is 12.8 Å². The Labute approximate surface area is 76.1 Å². The number of benzene rings is 1. The molecular weight excluding hydrogens is 162 g/mol. The molecule has 64 valence electrons. The zero-order valence-electron chi connectivity index (χ0n) is 7.72. The summed E-state index contributed by atoms with van der Waals surface area (Å²) in [6, 6.07) is 11.2.